The molecule has 2 rings (SSSR count). The number of ketones is 1. The summed E-state index contributed by atoms with van der Waals surface area (Å²) in [5.74, 6) is -0.0237. The second kappa shape index (κ2) is 5.67. The Hall–Kier alpha value is -1.81. The van der Waals surface area contributed by atoms with Gasteiger partial charge < -0.3 is 11.1 Å². The zero-order chi connectivity index (χ0) is 14.9. The molecule has 3 nitrogen and oxygen atoms in total. The van der Waals surface area contributed by atoms with Crippen LogP contribution in [0.25, 0.3) is 0 Å². The van der Waals surface area contributed by atoms with Gasteiger partial charge >= 0.3 is 0 Å². The van der Waals surface area contributed by atoms with Crippen LogP contribution in [0, 0.1) is 13.8 Å². The molecule has 0 aliphatic carbocycles. The van der Waals surface area contributed by atoms with Crippen LogP contribution in [0.5, 0.6) is 0 Å². The zero-order valence-corrected chi connectivity index (χ0v) is 13.3. The predicted molar refractivity (Wildman–Crippen MR) is 87.8 cm³/mol. The van der Waals surface area contributed by atoms with E-state index in [1.807, 2.05) is 6.07 Å². The lowest BCUT2D eigenvalue weighted by molar-refractivity contribution is 0.101. The van der Waals surface area contributed by atoms with Gasteiger partial charge in [0.1, 0.15) is 0 Å². The summed E-state index contributed by atoms with van der Waals surface area (Å²) in [6.07, 6.45) is 0. The summed E-state index contributed by atoms with van der Waals surface area (Å²) in [5, 5.41) is 3.31. The lowest BCUT2D eigenvalue weighted by Crippen LogP contribution is -2.01. The molecule has 20 heavy (non-hydrogen) atoms. The number of nitrogen functional groups attached to an aromatic ring is 1. The molecule has 0 unspecified atom stereocenters. The Morgan fingerprint density at radius 1 is 1.10 bits per heavy atom. The third-order valence-corrected chi connectivity index (χ3v) is 4.41. The summed E-state index contributed by atoms with van der Waals surface area (Å²) < 4.78 is 1.12. The molecular formula is C16H17BrN2O. The van der Waals surface area contributed by atoms with Crippen molar-refractivity contribution in [2.45, 2.75) is 20.8 Å². The van der Waals surface area contributed by atoms with E-state index in [-0.39, 0.29) is 5.78 Å². The number of carbonyl (C=O) groups is 1. The molecule has 2 aromatic carbocycles. The molecule has 0 radical (unpaired) electrons. The van der Waals surface area contributed by atoms with Crippen LogP contribution in [-0.4, -0.2) is 5.78 Å². The highest BCUT2D eigenvalue weighted by molar-refractivity contribution is 9.10. The van der Waals surface area contributed by atoms with Crippen molar-refractivity contribution >= 4 is 38.8 Å². The Morgan fingerprint density at radius 2 is 1.70 bits per heavy atom. The smallest absolute Gasteiger partial charge is 0.161 e. The van der Waals surface area contributed by atoms with E-state index < -0.39 is 0 Å². The molecule has 0 aliphatic heterocycles. The van der Waals surface area contributed by atoms with Gasteiger partial charge in [-0.25, -0.2) is 0 Å². The molecule has 0 heterocycles. The van der Waals surface area contributed by atoms with Gasteiger partial charge in [0.2, 0.25) is 0 Å². The molecule has 0 amide bonds. The van der Waals surface area contributed by atoms with Crippen molar-refractivity contribution in [3.8, 4) is 0 Å². The number of halogens is 1. The van der Waals surface area contributed by atoms with E-state index in [4.69, 9.17) is 5.73 Å². The van der Waals surface area contributed by atoms with Gasteiger partial charge in [-0.05, 0) is 62.2 Å². The van der Waals surface area contributed by atoms with Crippen LogP contribution in [0.1, 0.15) is 28.4 Å². The first-order chi connectivity index (χ1) is 9.38. The largest absolute Gasteiger partial charge is 0.398 e. The van der Waals surface area contributed by atoms with E-state index in [9.17, 15) is 4.79 Å². The maximum Gasteiger partial charge on any atom is 0.161 e. The van der Waals surface area contributed by atoms with Gasteiger partial charge in [-0.15, -0.1) is 0 Å². The molecule has 0 bridgehead atoms. The van der Waals surface area contributed by atoms with Crippen molar-refractivity contribution < 1.29 is 4.79 Å². The minimum Gasteiger partial charge on any atom is -0.398 e. The van der Waals surface area contributed by atoms with Crippen molar-refractivity contribution in [3.05, 3.63) is 51.5 Å². The minimum atomic E-state index is -0.0237. The molecule has 2 aromatic rings. The van der Waals surface area contributed by atoms with Gasteiger partial charge in [0.15, 0.2) is 5.78 Å². The monoisotopic (exact) mass is 332 g/mol. The van der Waals surface area contributed by atoms with E-state index in [1.54, 1.807) is 12.1 Å². The standard InChI is InChI=1S/C16H17BrN2O/c1-9-6-13(7-10(2)16(9)17)19-12-4-5-14(11(3)20)15(18)8-12/h4-8,19H,18H2,1-3H3. The molecule has 0 aliphatic rings. The molecule has 104 valence electrons. The van der Waals surface area contributed by atoms with E-state index in [2.05, 4.69) is 47.2 Å². The number of rotatable bonds is 3. The van der Waals surface area contributed by atoms with E-state index in [1.165, 1.54) is 18.1 Å². The van der Waals surface area contributed by atoms with Crippen LogP contribution < -0.4 is 11.1 Å². The van der Waals surface area contributed by atoms with Gasteiger partial charge in [-0.3, -0.25) is 4.79 Å². The summed E-state index contributed by atoms with van der Waals surface area (Å²) in [4.78, 5) is 11.4. The number of nitrogens with one attached hydrogen (secondary N) is 1. The molecule has 0 saturated heterocycles. The fraction of sp³-hybridized carbons (Fsp3) is 0.188. The average Bonchev–Trinajstić information content (AvgIpc) is 2.35. The topological polar surface area (TPSA) is 55.1 Å². The second-order valence-corrected chi connectivity index (χ2v) is 5.70. The number of Topliss-reactive ketones (excluding diaryl/α,β-unsaturated/α-hetero) is 1. The van der Waals surface area contributed by atoms with Crippen LogP contribution in [0.2, 0.25) is 0 Å². The number of hydrogen-bond donors (Lipinski definition) is 2. The number of anilines is 3. The summed E-state index contributed by atoms with van der Waals surface area (Å²) in [6, 6.07) is 9.51. The normalized spacial score (nSPS) is 10.4. The number of aryl methyl sites for hydroxylation is 2. The van der Waals surface area contributed by atoms with Crippen LogP contribution in [0.3, 0.4) is 0 Å². The quantitative estimate of drug-likeness (QED) is 0.638. The molecule has 0 aromatic heterocycles. The first-order valence-corrected chi connectivity index (χ1v) is 7.12. The van der Waals surface area contributed by atoms with Crippen molar-refractivity contribution in [3.63, 3.8) is 0 Å². The van der Waals surface area contributed by atoms with Crippen molar-refractivity contribution in [1.82, 2.24) is 0 Å². The van der Waals surface area contributed by atoms with E-state index in [0.29, 0.717) is 11.3 Å². The van der Waals surface area contributed by atoms with Gasteiger partial charge in [-0.1, -0.05) is 15.9 Å². The van der Waals surface area contributed by atoms with Gasteiger partial charge in [0.05, 0.1) is 0 Å². The highest BCUT2D eigenvalue weighted by atomic mass is 79.9. The summed E-state index contributed by atoms with van der Waals surface area (Å²) in [5.41, 5.74) is 11.1. The highest BCUT2D eigenvalue weighted by Gasteiger charge is 2.07. The molecule has 4 heteroatoms. The third-order valence-electron chi connectivity index (χ3n) is 3.16. The fourth-order valence-corrected chi connectivity index (χ4v) is 2.37. The molecule has 0 atom stereocenters. The Balaban J connectivity index is 2.31. The summed E-state index contributed by atoms with van der Waals surface area (Å²) >= 11 is 3.55. The van der Waals surface area contributed by atoms with Crippen molar-refractivity contribution in [2.24, 2.45) is 0 Å². The minimum absolute atomic E-state index is 0.0237. The SMILES string of the molecule is CC(=O)c1ccc(Nc2cc(C)c(Br)c(C)c2)cc1N. The Kier molecular flexibility index (Phi) is 4.14. The molecule has 0 saturated carbocycles. The maximum absolute atomic E-state index is 11.4. The maximum atomic E-state index is 11.4. The molecule has 3 N–H and O–H groups in total. The van der Waals surface area contributed by atoms with Gasteiger partial charge in [-0.2, -0.15) is 0 Å². The first kappa shape index (κ1) is 14.6. The summed E-state index contributed by atoms with van der Waals surface area (Å²) in [7, 11) is 0. The third kappa shape index (κ3) is 3.02. The number of carbonyl (C=O) groups excluding carboxylic acids is 1. The van der Waals surface area contributed by atoms with E-state index >= 15 is 0 Å². The van der Waals surface area contributed by atoms with Crippen molar-refractivity contribution in [2.75, 3.05) is 11.1 Å². The fourth-order valence-electron chi connectivity index (χ4n) is 2.15. The Labute approximate surface area is 127 Å². The lowest BCUT2D eigenvalue weighted by Gasteiger charge is -2.12. The molecular weight excluding hydrogens is 316 g/mol. The van der Waals surface area contributed by atoms with Crippen LogP contribution in [0.4, 0.5) is 17.1 Å². The predicted octanol–water partition coefficient (Wildman–Crippen LogP) is 4.59. The lowest BCUT2D eigenvalue weighted by atomic mass is 10.1. The van der Waals surface area contributed by atoms with Crippen LogP contribution >= 0.6 is 15.9 Å². The second-order valence-electron chi connectivity index (χ2n) is 4.91. The van der Waals surface area contributed by atoms with E-state index in [0.717, 1.165) is 15.8 Å². The molecule has 0 fully saturated rings. The Morgan fingerprint density at radius 3 is 2.20 bits per heavy atom. The van der Waals surface area contributed by atoms with Crippen LogP contribution in [0.15, 0.2) is 34.8 Å². The van der Waals surface area contributed by atoms with Gasteiger partial charge in [0, 0.05) is 27.1 Å². The average molecular weight is 333 g/mol. The molecule has 0 spiro atoms. The Bertz CT molecular complexity index is 657. The van der Waals surface area contributed by atoms with Crippen molar-refractivity contribution in [1.29, 1.82) is 0 Å². The number of hydrogen-bond acceptors (Lipinski definition) is 3. The van der Waals surface area contributed by atoms with Crippen LogP contribution in [-0.2, 0) is 0 Å². The number of nitrogens with two attached hydrogens (primary N) is 1. The zero-order valence-electron chi connectivity index (χ0n) is 11.8. The van der Waals surface area contributed by atoms with Gasteiger partial charge in [0.25, 0.3) is 0 Å². The summed E-state index contributed by atoms with van der Waals surface area (Å²) in [6.45, 7) is 5.62. The first-order valence-electron chi connectivity index (χ1n) is 6.32. The number of benzene rings is 2. The highest BCUT2D eigenvalue weighted by Crippen LogP contribution is 2.28.